The van der Waals surface area contributed by atoms with E-state index in [1.165, 1.54) is 27.8 Å². The number of alkyl halides is 3. The molecule has 1 aliphatic heterocycles. The van der Waals surface area contributed by atoms with Gasteiger partial charge in [0.25, 0.3) is 5.91 Å². The zero-order valence-corrected chi connectivity index (χ0v) is 20.4. The van der Waals surface area contributed by atoms with Crippen LogP contribution in [0.4, 0.5) is 29.2 Å². The standard InChI is InChI=1S/C26H22F4N6O2/c1-12-23-16(11-38-12)14-9-15(17(27)10-19(14)33-24(23)31)25(37)36(22-7-8-35(2)34-22)20-5-4-18-13(20)3-6-21(32-18)26(28,29)30/h3,6-10,12,20H,4-5,11H2,1-2H3,(H2,31,33)/t12-,20?/m1/s1. The van der Waals surface area contributed by atoms with Crippen molar-refractivity contribution in [1.82, 2.24) is 19.7 Å². The number of nitrogen functional groups attached to an aromatic ring is 1. The Hall–Kier alpha value is -4.06. The van der Waals surface area contributed by atoms with Crippen molar-refractivity contribution >= 4 is 28.4 Å². The van der Waals surface area contributed by atoms with Gasteiger partial charge in [-0.3, -0.25) is 14.4 Å². The smallest absolute Gasteiger partial charge is 0.383 e. The highest BCUT2D eigenvalue weighted by Gasteiger charge is 2.39. The fourth-order valence-corrected chi connectivity index (χ4v) is 5.39. The van der Waals surface area contributed by atoms with Gasteiger partial charge in [-0.1, -0.05) is 6.07 Å². The first-order valence-electron chi connectivity index (χ1n) is 12.0. The Balaban J connectivity index is 1.48. The molecule has 12 heteroatoms. The minimum Gasteiger partial charge on any atom is -0.383 e. The number of benzene rings is 1. The summed E-state index contributed by atoms with van der Waals surface area (Å²) in [6, 6.07) is 5.75. The van der Waals surface area contributed by atoms with Crippen LogP contribution in [0.5, 0.6) is 0 Å². The van der Waals surface area contributed by atoms with Crippen molar-refractivity contribution in [2.75, 3.05) is 10.6 Å². The first-order valence-corrected chi connectivity index (χ1v) is 12.0. The molecule has 2 atom stereocenters. The lowest BCUT2D eigenvalue weighted by atomic mass is 9.99. The third-order valence-corrected chi connectivity index (χ3v) is 7.16. The number of anilines is 2. The van der Waals surface area contributed by atoms with Crippen molar-refractivity contribution in [2.24, 2.45) is 7.05 Å². The molecule has 4 aromatic rings. The molecule has 1 amide bonds. The molecule has 2 aliphatic rings. The predicted molar refractivity (Wildman–Crippen MR) is 130 cm³/mol. The van der Waals surface area contributed by atoms with E-state index in [0.29, 0.717) is 28.5 Å². The van der Waals surface area contributed by atoms with Crippen molar-refractivity contribution in [3.05, 3.63) is 76.0 Å². The van der Waals surface area contributed by atoms with Crippen LogP contribution in [0.3, 0.4) is 0 Å². The third kappa shape index (κ3) is 3.78. The SMILES string of the molecule is C[C@H]1OCc2c1c(N)nc1cc(F)c(C(=O)N(c3ccn(C)n3)C3CCc4nc(C(F)(F)F)ccc43)cc21. The van der Waals surface area contributed by atoms with Gasteiger partial charge < -0.3 is 10.5 Å². The van der Waals surface area contributed by atoms with Gasteiger partial charge in [0.05, 0.1) is 29.8 Å². The maximum Gasteiger partial charge on any atom is 0.433 e. The van der Waals surface area contributed by atoms with Crippen molar-refractivity contribution in [3.63, 3.8) is 0 Å². The van der Waals surface area contributed by atoms with Gasteiger partial charge in [-0.15, -0.1) is 0 Å². The number of nitrogens with zero attached hydrogens (tertiary/aromatic N) is 5. The number of carbonyl (C=O) groups is 1. The molecule has 1 aliphatic carbocycles. The molecule has 3 aromatic heterocycles. The van der Waals surface area contributed by atoms with Crippen molar-refractivity contribution in [3.8, 4) is 0 Å². The second-order valence-corrected chi connectivity index (χ2v) is 9.50. The first-order chi connectivity index (χ1) is 18.0. The zero-order valence-electron chi connectivity index (χ0n) is 20.4. The van der Waals surface area contributed by atoms with Gasteiger partial charge in [0.1, 0.15) is 17.3 Å². The molecule has 0 radical (unpaired) electrons. The first kappa shape index (κ1) is 24.3. The lowest BCUT2D eigenvalue weighted by Crippen LogP contribution is -2.35. The molecule has 196 valence electrons. The number of fused-ring (bicyclic) bond motifs is 4. The average molecular weight is 526 g/mol. The minimum absolute atomic E-state index is 0.218. The van der Waals surface area contributed by atoms with Crippen molar-refractivity contribution in [2.45, 2.75) is 44.7 Å². The summed E-state index contributed by atoms with van der Waals surface area (Å²) in [5.74, 6) is -0.990. The summed E-state index contributed by atoms with van der Waals surface area (Å²) in [5.41, 5.74) is 7.35. The number of amides is 1. The fourth-order valence-electron chi connectivity index (χ4n) is 5.39. The fraction of sp³-hybridized carbons (Fsp3) is 0.308. The lowest BCUT2D eigenvalue weighted by molar-refractivity contribution is -0.141. The van der Waals surface area contributed by atoms with Gasteiger partial charge in [0.15, 0.2) is 5.82 Å². The number of hydrogen-bond donors (Lipinski definition) is 1. The molecule has 4 heterocycles. The average Bonchev–Trinajstić information content (AvgIpc) is 3.57. The minimum atomic E-state index is -4.59. The summed E-state index contributed by atoms with van der Waals surface area (Å²) >= 11 is 0. The van der Waals surface area contributed by atoms with Crippen LogP contribution >= 0.6 is 0 Å². The van der Waals surface area contributed by atoms with Gasteiger partial charge in [0.2, 0.25) is 0 Å². The van der Waals surface area contributed by atoms with E-state index in [1.54, 1.807) is 19.3 Å². The number of rotatable bonds is 3. The molecule has 2 N–H and O–H groups in total. The highest BCUT2D eigenvalue weighted by Crippen LogP contribution is 2.42. The molecule has 0 saturated heterocycles. The molecular formula is C26H22F4N6O2. The van der Waals surface area contributed by atoms with Crippen LogP contribution in [-0.2, 0) is 31.0 Å². The highest BCUT2D eigenvalue weighted by atomic mass is 19.4. The van der Waals surface area contributed by atoms with E-state index in [9.17, 15) is 18.0 Å². The number of hydrogen-bond acceptors (Lipinski definition) is 6. The molecule has 0 bridgehead atoms. The van der Waals surface area contributed by atoms with Gasteiger partial charge in [-0.05, 0) is 43.0 Å². The molecule has 1 aromatic carbocycles. The van der Waals surface area contributed by atoms with E-state index in [-0.39, 0.29) is 42.0 Å². The second kappa shape index (κ2) is 8.48. The highest BCUT2D eigenvalue weighted by molar-refractivity contribution is 6.08. The van der Waals surface area contributed by atoms with Gasteiger partial charge in [0, 0.05) is 42.0 Å². The Bertz CT molecular complexity index is 1620. The summed E-state index contributed by atoms with van der Waals surface area (Å²) in [7, 11) is 1.67. The number of carbonyl (C=O) groups excluding carboxylic acids is 1. The van der Waals surface area contributed by atoms with Gasteiger partial charge in [-0.25, -0.2) is 14.4 Å². The summed E-state index contributed by atoms with van der Waals surface area (Å²) in [6.07, 6.45) is -2.71. The molecule has 0 spiro atoms. The Morgan fingerprint density at radius 3 is 2.71 bits per heavy atom. The molecular weight excluding hydrogens is 504 g/mol. The quantitative estimate of drug-likeness (QED) is 0.376. The molecule has 1 unspecified atom stereocenters. The van der Waals surface area contributed by atoms with Crippen LogP contribution in [0, 0.1) is 5.82 Å². The van der Waals surface area contributed by atoms with Crippen molar-refractivity contribution in [1.29, 1.82) is 0 Å². The topological polar surface area (TPSA) is 99.2 Å². The van der Waals surface area contributed by atoms with E-state index in [4.69, 9.17) is 10.5 Å². The van der Waals surface area contributed by atoms with E-state index in [0.717, 1.165) is 11.6 Å². The van der Waals surface area contributed by atoms with Gasteiger partial charge >= 0.3 is 6.18 Å². The number of aryl methyl sites for hydroxylation is 2. The Morgan fingerprint density at radius 2 is 2.00 bits per heavy atom. The lowest BCUT2D eigenvalue weighted by Gasteiger charge is -2.28. The monoisotopic (exact) mass is 526 g/mol. The normalized spacial score (nSPS) is 18.6. The molecule has 8 nitrogen and oxygen atoms in total. The van der Waals surface area contributed by atoms with E-state index in [1.807, 2.05) is 6.92 Å². The van der Waals surface area contributed by atoms with Crippen LogP contribution < -0.4 is 10.6 Å². The van der Waals surface area contributed by atoms with Crippen LogP contribution in [0.15, 0.2) is 36.5 Å². The van der Waals surface area contributed by atoms with E-state index < -0.39 is 29.6 Å². The van der Waals surface area contributed by atoms with Gasteiger partial charge in [-0.2, -0.15) is 18.3 Å². The third-order valence-electron chi connectivity index (χ3n) is 7.16. The zero-order chi connectivity index (χ0) is 26.9. The number of halogens is 4. The Morgan fingerprint density at radius 1 is 1.21 bits per heavy atom. The maximum absolute atomic E-state index is 15.5. The molecule has 0 fully saturated rings. The summed E-state index contributed by atoms with van der Waals surface area (Å²) in [5, 5.41) is 4.90. The Labute approximate surface area is 214 Å². The maximum atomic E-state index is 15.5. The summed E-state index contributed by atoms with van der Waals surface area (Å²) < 4.78 is 62.4. The second-order valence-electron chi connectivity index (χ2n) is 9.50. The number of aromatic nitrogens is 4. The molecule has 0 saturated carbocycles. The number of ether oxygens (including phenoxy) is 1. The predicted octanol–water partition coefficient (Wildman–Crippen LogP) is 5.03. The van der Waals surface area contributed by atoms with E-state index in [2.05, 4.69) is 15.1 Å². The number of nitrogens with two attached hydrogens (primary N) is 1. The van der Waals surface area contributed by atoms with Crippen molar-refractivity contribution < 1.29 is 27.1 Å². The number of pyridine rings is 2. The summed E-state index contributed by atoms with van der Waals surface area (Å²) in [6.45, 7) is 2.08. The van der Waals surface area contributed by atoms with Crippen LogP contribution in [-0.4, -0.2) is 25.7 Å². The van der Waals surface area contributed by atoms with E-state index >= 15 is 4.39 Å². The molecule has 38 heavy (non-hydrogen) atoms. The van der Waals surface area contributed by atoms with Crippen LogP contribution in [0.1, 0.15) is 63.9 Å². The Kier molecular flexibility index (Phi) is 5.42. The van der Waals surface area contributed by atoms with Crippen LogP contribution in [0.2, 0.25) is 0 Å². The molecule has 6 rings (SSSR count). The van der Waals surface area contributed by atoms with Crippen LogP contribution in [0.25, 0.3) is 10.9 Å². The summed E-state index contributed by atoms with van der Waals surface area (Å²) in [4.78, 5) is 23.5. The largest absolute Gasteiger partial charge is 0.433 e.